The molecule has 8 N–H and O–H groups in total. The Morgan fingerprint density at radius 2 is 0.733 bits per heavy atom. The van der Waals surface area contributed by atoms with Crippen molar-refractivity contribution in [3.63, 3.8) is 0 Å². The van der Waals surface area contributed by atoms with Crippen LogP contribution in [0.5, 0.6) is 0 Å². The van der Waals surface area contributed by atoms with E-state index in [4.69, 9.17) is 37.1 Å². The highest BCUT2D eigenvalue weighted by Gasteiger charge is 2.29. The van der Waals surface area contributed by atoms with Gasteiger partial charge >= 0.3 is 0 Å². The van der Waals surface area contributed by atoms with Crippen LogP contribution in [0.4, 0.5) is 22.7 Å². The highest BCUT2D eigenvalue weighted by molar-refractivity contribution is 6.22. The van der Waals surface area contributed by atoms with E-state index >= 15 is 0 Å². The first-order valence-corrected chi connectivity index (χ1v) is 19.0. The monoisotopic (exact) mass is 814 g/mol. The maximum absolute atomic E-state index is 13.6. The van der Waals surface area contributed by atoms with E-state index < -0.39 is 62.1 Å². The Bertz CT molecular complexity index is 3370. The van der Waals surface area contributed by atoms with E-state index in [1.54, 1.807) is 45.0 Å². The molecule has 2 heterocycles. The van der Waals surface area contributed by atoms with Gasteiger partial charge in [-0.3, -0.25) is 47.5 Å². The molecule has 0 spiro atoms. The summed E-state index contributed by atoms with van der Waals surface area (Å²) in [5, 5.41) is -1.24. The molecular formula is C43H38N6O11. The van der Waals surface area contributed by atoms with E-state index in [-0.39, 0.29) is 120 Å². The zero-order chi connectivity index (χ0) is 43.1. The fraction of sp³-hybridized carbons (Fsp3) is 0.256. The molecule has 60 heavy (non-hydrogen) atoms. The summed E-state index contributed by atoms with van der Waals surface area (Å²) in [5.74, 6) is 0. The third-order valence-electron chi connectivity index (χ3n) is 11.2. The Morgan fingerprint density at radius 3 is 1.05 bits per heavy atom. The van der Waals surface area contributed by atoms with Gasteiger partial charge in [-0.15, -0.1) is 0 Å². The topological polar surface area (TPSA) is 278 Å². The van der Waals surface area contributed by atoms with Crippen LogP contribution in [-0.2, 0) is 14.2 Å². The molecule has 3 unspecified atom stereocenters. The van der Waals surface area contributed by atoms with E-state index in [9.17, 15) is 38.4 Å². The van der Waals surface area contributed by atoms with Crippen molar-refractivity contribution >= 4 is 87.4 Å². The van der Waals surface area contributed by atoms with Crippen molar-refractivity contribution in [2.45, 2.75) is 39.0 Å². The third-order valence-corrected chi connectivity index (χ3v) is 11.2. The number of aromatic nitrogens is 2. The molecule has 3 atom stereocenters. The third kappa shape index (κ3) is 5.72. The molecule has 17 nitrogen and oxygen atoms in total. The van der Waals surface area contributed by atoms with Gasteiger partial charge in [0, 0.05) is 21.5 Å². The van der Waals surface area contributed by atoms with Gasteiger partial charge in [0.05, 0.1) is 117 Å². The van der Waals surface area contributed by atoms with E-state index in [1.807, 2.05) is 0 Å². The molecule has 306 valence electrons. The van der Waals surface area contributed by atoms with Gasteiger partial charge in [0.1, 0.15) is 0 Å². The van der Waals surface area contributed by atoms with Crippen LogP contribution < -0.4 is 66.9 Å². The van der Waals surface area contributed by atoms with Crippen LogP contribution in [0.2, 0.25) is 0 Å². The van der Waals surface area contributed by atoms with Crippen LogP contribution >= 0.6 is 0 Å². The van der Waals surface area contributed by atoms with Crippen LogP contribution in [0.1, 0.15) is 32.9 Å². The number of hydrogen-bond donors (Lipinski definition) is 4. The molecule has 0 radical (unpaired) electrons. The molecule has 17 heteroatoms. The van der Waals surface area contributed by atoms with Crippen molar-refractivity contribution < 1.29 is 14.2 Å². The van der Waals surface area contributed by atoms with Crippen molar-refractivity contribution in [3.8, 4) is 0 Å². The molecule has 0 bridgehead atoms. The molecule has 0 fully saturated rings. The predicted octanol–water partition coefficient (Wildman–Crippen LogP) is 1.43. The molecule has 0 aliphatic rings. The van der Waals surface area contributed by atoms with Crippen molar-refractivity contribution in [3.05, 3.63) is 131 Å². The Hall–Kier alpha value is -7.08. The first-order valence-electron chi connectivity index (χ1n) is 19.0. The summed E-state index contributed by atoms with van der Waals surface area (Å²) in [7, 11) is 0. The lowest BCUT2D eigenvalue weighted by Crippen LogP contribution is -2.32. The Morgan fingerprint density at radius 1 is 0.433 bits per heavy atom. The molecule has 2 aromatic heterocycles. The van der Waals surface area contributed by atoms with Gasteiger partial charge in [-0.1, -0.05) is 48.5 Å². The second kappa shape index (κ2) is 14.6. The Kier molecular flexibility index (Phi) is 9.69. The predicted molar refractivity (Wildman–Crippen MR) is 233 cm³/mol. The molecule has 0 amide bonds. The first kappa shape index (κ1) is 39.7. The molecular weight excluding hydrogens is 777 g/mol. The molecule has 0 saturated carbocycles. The number of nitrogens with zero attached hydrogens (tertiary/aromatic N) is 2. The van der Waals surface area contributed by atoms with E-state index in [2.05, 4.69) is 0 Å². The number of hydrogen-bond acceptors (Lipinski definition) is 15. The number of nitrogen functional groups attached to an aromatic ring is 4. The maximum Gasteiger partial charge on any atom is 0.264 e. The SMILES string of the molecule is CC(COCC(C)n1c(=O)c2c(N)c3c(=O)c4ccccc4c(=O)c3c(N)c2c1=O)OCCOCC(C)n1c(=O)c2c(N)c3c(=O)c4ccccc4c(=O)c3c(N)c2c1=O. The van der Waals surface area contributed by atoms with Gasteiger partial charge < -0.3 is 37.1 Å². The van der Waals surface area contributed by atoms with Crippen LogP contribution in [0.25, 0.3) is 64.6 Å². The van der Waals surface area contributed by atoms with Crippen molar-refractivity contribution in [2.75, 3.05) is 56.0 Å². The van der Waals surface area contributed by atoms with Gasteiger partial charge in [0.2, 0.25) is 0 Å². The second-order valence-corrected chi connectivity index (χ2v) is 15.0. The van der Waals surface area contributed by atoms with E-state index in [0.29, 0.717) is 0 Å². The van der Waals surface area contributed by atoms with Crippen molar-refractivity contribution in [1.82, 2.24) is 9.13 Å². The summed E-state index contributed by atoms with van der Waals surface area (Å²) in [6, 6.07) is 10.7. The minimum absolute atomic E-state index is 0.0572. The van der Waals surface area contributed by atoms with Crippen molar-refractivity contribution in [1.29, 1.82) is 0 Å². The molecule has 6 aromatic carbocycles. The quantitative estimate of drug-likeness (QED) is 0.0588. The highest BCUT2D eigenvalue weighted by atomic mass is 16.5. The average molecular weight is 815 g/mol. The van der Waals surface area contributed by atoms with E-state index in [1.165, 1.54) is 24.3 Å². The summed E-state index contributed by atoms with van der Waals surface area (Å²) in [5.41, 5.74) is 18.9. The number of nitrogens with two attached hydrogens (primary N) is 4. The maximum atomic E-state index is 13.6. The summed E-state index contributed by atoms with van der Waals surface area (Å²) in [6.45, 7) is 4.93. The van der Waals surface area contributed by atoms with Crippen molar-refractivity contribution in [2.24, 2.45) is 0 Å². The molecule has 8 aromatic rings. The number of rotatable bonds is 12. The molecule has 0 aliphatic heterocycles. The lowest BCUT2D eigenvalue weighted by molar-refractivity contribution is -0.0365. The fourth-order valence-electron chi connectivity index (χ4n) is 8.34. The van der Waals surface area contributed by atoms with Crippen LogP contribution in [0, 0.1) is 0 Å². The molecule has 8 rings (SSSR count). The van der Waals surface area contributed by atoms with Crippen LogP contribution in [-0.4, -0.2) is 48.3 Å². The van der Waals surface area contributed by atoms with E-state index in [0.717, 1.165) is 9.13 Å². The minimum Gasteiger partial charge on any atom is -0.397 e. The zero-order valence-corrected chi connectivity index (χ0v) is 32.6. The summed E-state index contributed by atoms with van der Waals surface area (Å²) in [4.78, 5) is 108. The number of anilines is 4. The number of ether oxygens (including phenoxy) is 3. The molecule has 0 aliphatic carbocycles. The van der Waals surface area contributed by atoms with Gasteiger partial charge in [-0.25, -0.2) is 0 Å². The fourth-order valence-corrected chi connectivity index (χ4v) is 8.34. The number of fused-ring (bicyclic) bond motifs is 6. The standard InChI is InChI=1S/C43H38N6O11/c1-17(48-40(54)28-29(41(48)55)33(45)25-24(32(28)44)36(50)20-8-4-5-9-21(20)37(25)51)14-58-12-13-60-19(3)16-59-15-18(2)49-42(56)30-31(43(49)57)35(47)27-26(34(30)46)38(52)22-10-6-7-11-23(22)39(27)53/h4-11,17-19H,12-16,44-47H2,1-3H3. The summed E-state index contributed by atoms with van der Waals surface area (Å²) >= 11 is 0. The van der Waals surface area contributed by atoms with Gasteiger partial charge in [0.25, 0.3) is 22.2 Å². The lowest BCUT2D eigenvalue weighted by atomic mass is 9.97. The Labute approximate surface area is 335 Å². The largest absolute Gasteiger partial charge is 0.397 e. The smallest absolute Gasteiger partial charge is 0.264 e. The first-order chi connectivity index (χ1) is 28.6. The van der Waals surface area contributed by atoms with Crippen LogP contribution in [0.3, 0.4) is 0 Å². The zero-order valence-electron chi connectivity index (χ0n) is 32.6. The summed E-state index contributed by atoms with van der Waals surface area (Å²) in [6.07, 6.45) is -0.471. The second-order valence-electron chi connectivity index (χ2n) is 15.0. The highest BCUT2D eigenvalue weighted by Crippen LogP contribution is 2.33. The summed E-state index contributed by atoms with van der Waals surface area (Å²) < 4.78 is 19.1. The van der Waals surface area contributed by atoms with Gasteiger partial charge in [-0.2, -0.15) is 0 Å². The lowest BCUT2D eigenvalue weighted by Gasteiger charge is -2.17. The minimum atomic E-state index is -0.801. The Balaban J connectivity index is 0.911. The average Bonchev–Trinajstić information content (AvgIpc) is 3.66. The van der Waals surface area contributed by atoms with Gasteiger partial charge in [0.15, 0.2) is 21.7 Å². The normalized spacial score (nSPS) is 13.7. The molecule has 0 saturated heterocycles. The van der Waals surface area contributed by atoms with Gasteiger partial charge in [-0.05, 0) is 20.8 Å². The van der Waals surface area contributed by atoms with Crippen LogP contribution in [0.15, 0.2) is 86.9 Å². The number of benzene rings is 6.